The van der Waals surface area contributed by atoms with Gasteiger partial charge in [0.25, 0.3) is 5.56 Å². The Morgan fingerprint density at radius 1 is 1.25 bits per heavy atom. The Kier molecular flexibility index (Phi) is 5.33. The number of aromatic nitrogens is 4. The summed E-state index contributed by atoms with van der Waals surface area (Å²) < 4.78 is 1.58. The van der Waals surface area contributed by atoms with Crippen molar-refractivity contribution in [1.29, 1.82) is 0 Å². The Balaban J connectivity index is 1.57. The van der Waals surface area contributed by atoms with E-state index >= 15 is 0 Å². The van der Waals surface area contributed by atoms with Crippen LogP contribution >= 0.6 is 0 Å². The molecule has 0 atom stereocenters. The van der Waals surface area contributed by atoms with E-state index in [1.807, 2.05) is 19.9 Å². The van der Waals surface area contributed by atoms with E-state index in [1.165, 1.54) is 31.7 Å². The number of carbonyl (C=O) groups excluding carboxylic acids is 1. The molecule has 2 aliphatic carbocycles. The lowest BCUT2D eigenvalue weighted by Crippen LogP contribution is -2.19. The van der Waals surface area contributed by atoms with E-state index in [0.717, 1.165) is 25.0 Å². The van der Waals surface area contributed by atoms with Gasteiger partial charge in [-0.05, 0) is 31.1 Å². The topological polar surface area (TPSA) is 92.7 Å². The molecule has 4 rings (SSSR count). The van der Waals surface area contributed by atoms with Crippen LogP contribution in [0.2, 0.25) is 0 Å². The van der Waals surface area contributed by atoms with Crippen LogP contribution in [-0.4, -0.2) is 25.7 Å². The second kappa shape index (κ2) is 7.89. The van der Waals surface area contributed by atoms with Gasteiger partial charge in [-0.2, -0.15) is 9.78 Å². The highest BCUT2D eigenvalue weighted by Gasteiger charge is 2.28. The maximum Gasteiger partial charge on any atom is 0.252 e. The minimum atomic E-state index is -0.212. The van der Waals surface area contributed by atoms with Crippen molar-refractivity contribution in [3.63, 3.8) is 0 Å². The molecule has 2 N–H and O–H groups in total. The molecule has 1 amide bonds. The van der Waals surface area contributed by atoms with E-state index in [9.17, 15) is 9.59 Å². The maximum absolute atomic E-state index is 12.5. The van der Waals surface area contributed by atoms with Crippen molar-refractivity contribution in [2.24, 2.45) is 5.92 Å². The van der Waals surface area contributed by atoms with Crippen LogP contribution in [0.15, 0.2) is 16.9 Å². The Morgan fingerprint density at radius 2 is 2.00 bits per heavy atom. The van der Waals surface area contributed by atoms with Crippen molar-refractivity contribution in [3.8, 4) is 5.95 Å². The Labute approximate surface area is 165 Å². The predicted molar refractivity (Wildman–Crippen MR) is 108 cm³/mol. The molecule has 7 nitrogen and oxygen atoms in total. The van der Waals surface area contributed by atoms with Crippen molar-refractivity contribution in [1.82, 2.24) is 19.7 Å². The number of rotatable bonds is 7. The Morgan fingerprint density at radius 3 is 2.68 bits per heavy atom. The number of aromatic amines is 1. The molecule has 7 heteroatoms. The summed E-state index contributed by atoms with van der Waals surface area (Å²) in [6, 6.07) is 3.44. The van der Waals surface area contributed by atoms with Gasteiger partial charge in [-0.15, -0.1) is 0 Å². The minimum absolute atomic E-state index is 0.00208. The standard InChI is InChI=1S/C21H29N5O2/c1-13(2)16-12-20(28)24-21(22-16)26-18(11-17(25-26)15-8-9-15)23-19(27)10-7-14-5-3-4-6-14/h11-15H,3-10H2,1-2H3,(H,23,27)(H,22,24,28). The fraction of sp³-hybridized carbons (Fsp3) is 0.619. The van der Waals surface area contributed by atoms with E-state index in [2.05, 4.69) is 20.4 Å². The highest BCUT2D eigenvalue weighted by atomic mass is 16.1. The van der Waals surface area contributed by atoms with Crippen LogP contribution in [0.1, 0.15) is 88.4 Å². The van der Waals surface area contributed by atoms with E-state index in [1.54, 1.807) is 4.68 Å². The highest BCUT2D eigenvalue weighted by molar-refractivity contribution is 5.90. The maximum atomic E-state index is 12.5. The summed E-state index contributed by atoms with van der Waals surface area (Å²) in [5, 5.41) is 7.65. The van der Waals surface area contributed by atoms with Crippen molar-refractivity contribution >= 4 is 11.7 Å². The lowest BCUT2D eigenvalue weighted by Gasteiger charge is -2.11. The molecule has 2 saturated carbocycles. The van der Waals surface area contributed by atoms with E-state index in [0.29, 0.717) is 35.7 Å². The average Bonchev–Trinajstić information content (AvgIpc) is 3.21. The molecule has 0 saturated heterocycles. The molecule has 2 heterocycles. The van der Waals surface area contributed by atoms with Crippen molar-refractivity contribution in [3.05, 3.63) is 33.9 Å². The SMILES string of the molecule is CC(C)c1cc(=O)[nH]c(-n2nc(C3CC3)cc2NC(=O)CCC2CCCC2)n1. The number of carbonyl (C=O) groups is 1. The quantitative estimate of drug-likeness (QED) is 0.759. The number of amides is 1. The van der Waals surface area contributed by atoms with Crippen LogP contribution in [0.4, 0.5) is 5.82 Å². The number of hydrogen-bond donors (Lipinski definition) is 2. The van der Waals surface area contributed by atoms with Gasteiger partial charge in [-0.25, -0.2) is 4.98 Å². The van der Waals surface area contributed by atoms with E-state index in [-0.39, 0.29) is 17.4 Å². The molecular weight excluding hydrogens is 354 g/mol. The van der Waals surface area contributed by atoms with Gasteiger partial charge in [0.1, 0.15) is 5.82 Å². The van der Waals surface area contributed by atoms with Gasteiger partial charge < -0.3 is 5.32 Å². The molecule has 150 valence electrons. The second-order valence-electron chi connectivity index (χ2n) is 8.53. The molecule has 0 spiro atoms. The molecule has 2 aromatic heterocycles. The first kappa shape index (κ1) is 18.9. The number of nitrogens with one attached hydrogen (secondary N) is 2. The molecule has 2 aromatic rings. The van der Waals surface area contributed by atoms with Gasteiger partial charge >= 0.3 is 0 Å². The van der Waals surface area contributed by atoms with Crippen molar-refractivity contribution < 1.29 is 4.79 Å². The molecule has 2 aliphatic rings. The van der Waals surface area contributed by atoms with Crippen molar-refractivity contribution in [2.75, 3.05) is 5.32 Å². The van der Waals surface area contributed by atoms with Crippen LogP contribution in [0.5, 0.6) is 0 Å². The first-order chi connectivity index (χ1) is 13.5. The lowest BCUT2D eigenvalue weighted by molar-refractivity contribution is -0.116. The lowest BCUT2D eigenvalue weighted by atomic mass is 10.0. The van der Waals surface area contributed by atoms with Crippen LogP contribution in [-0.2, 0) is 4.79 Å². The number of anilines is 1. The zero-order valence-corrected chi connectivity index (χ0v) is 16.7. The van der Waals surface area contributed by atoms with E-state index < -0.39 is 0 Å². The van der Waals surface area contributed by atoms with Crippen LogP contribution in [0.25, 0.3) is 5.95 Å². The summed E-state index contributed by atoms with van der Waals surface area (Å²) >= 11 is 0. The third-order valence-corrected chi connectivity index (χ3v) is 5.79. The third-order valence-electron chi connectivity index (χ3n) is 5.79. The minimum Gasteiger partial charge on any atom is -0.310 e. The van der Waals surface area contributed by atoms with Crippen LogP contribution < -0.4 is 10.9 Å². The normalized spacial score (nSPS) is 17.4. The van der Waals surface area contributed by atoms with Crippen molar-refractivity contribution in [2.45, 2.75) is 77.0 Å². The van der Waals surface area contributed by atoms with Gasteiger partial charge in [0.05, 0.1) is 11.4 Å². The van der Waals surface area contributed by atoms with Gasteiger partial charge in [0, 0.05) is 24.5 Å². The van der Waals surface area contributed by atoms with Crippen LogP contribution in [0, 0.1) is 5.92 Å². The largest absolute Gasteiger partial charge is 0.310 e. The van der Waals surface area contributed by atoms with E-state index in [4.69, 9.17) is 0 Å². The summed E-state index contributed by atoms with van der Waals surface area (Å²) in [6.45, 7) is 3.99. The third kappa shape index (κ3) is 4.34. The first-order valence-corrected chi connectivity index (χ1v) is 10.5. The molecule has 0 bridgehead atoms. The molecule has 28 heavy (non-hydrogen) atoms. The molecule has 0 radical (unpaired) electrons. The number of hydrogen-bond acceptors (Lipinski definition) is 4. The molecule has 0 aliphatic heterocycles. The fourth-order valence-corrected chi connectivity index (χ4v) is 3.93. The molecule has 0 aromatic carbocycles. The zero-order valence-electron chi connectivity index (χ0n) is 16.7. The summed E-state index contributed by atoms with van der Waals surface area (Å²) in [7, 11) is 0. The first-order valence-electron chi connectivity index (χ1n) is 10.5. The van der Waals surface area contributed by atoms with Gasteiger partial charge in [-0.1, -0.05) is 39.5 Å². The fourth-order valence-electron chi connectivity index (χ4n) is 3.93. The van der Waals surface area contributed by atoms with Gasteiger partial charge in [-0.3, -0.25) is 14.6 Å². The summed E-state index contributed by atoms with van der Waals surface area (Å²) in [5.41, 5.74) is 1.44. The smallest absolute Gasteiger partial charge is 0.252 e. The number of H-pyrrole nitrogens is 1. The monoisotopic (exact) mass is 383 g/mol. The van der Waals surface area contributed by atoms with Crippen LogP contribution in [0.3, 0.4) is 0 Å². The summed E-state index contributed by atoms with van der Waals surface area (Å²) in [4.78, 5) is 32.0. The van der Waals surface area contributed by atoms with Gasteiger partial charge in [0.15, 0.2) is 0 Å². The summed E-state index contributed by atoms with van der Waals surface area (Å²) in [6.07, 6.45) is 8.74. The second-order valence-corrected chi connectivity index (χ2v) is 8.53. The zero-order chi connectivity index (χ0) is 19.7. The average molecular weight is 383 g/mol. The Bertz CT molecular complexity index is 904. The molecule has 2 fully saturated rings. The molecular formula is C21H29N5O2. The number of nitrogens with zero attached hydrogens (tertiary/aromatic N) is 3. The summed E-state index contributed by atoms with van der Waals surface area (Å²) in [5.74, 6) is 2.19. The van der Waals surface area contributed by atoms with Gasteiger partial charge in [0.2, 0.25) is 11.9 Å². The Hall–Kier alpha value is -2.44. The highest BCUT2D eigenvalue weighted by Crippen LogP contribution is 2.40. The molecule has 0 unspecified atom stereocenters. The predicted octanol–water partition coefficient (Wildman–Crippen LogP) is 3.87.